The molecule has 21 heavy (non-hydrogen) atoms. The fourth-order valence-corrected chi connectivity index (χ4v) is 2.66. The molecule has 0 saturated heterocycles. The first-order valence-electron chi connectivity index (χ1n) is 6.55. The molecule has 0 aliphatic rings. The van der Waals surface area contributed by atoms with Gasteiger partial charge in [-0.05, 0) is 18.6 Å². The van der Waals surface area contributed by atoms with Crippen molar-refractivity contribution in [3.63, 3.8) is 0 Å². The molecule has 0 aliphatic heterocycles. The molecule has 0 aliphatic carbocycles. The third-order valence-corrected chi connectivity index (χ3v) is 3.53. The van der Waals surface area contributed by atoms with E-state index in [1.165, 1.54) is 6.33 Å². The zero-order chi connectivity index (χ0) is 15.0. The van der Waals surface area contributed by atoms with E-state index in [0.29, 0.717) is 23.1 Å². The molecule has 0 fully saturated rings. The SMILES string of the molecule is CCCn1c(-c2nc[nH]c2C(=O)O)nc2cccc(Cl)c21. The van der Waals surface area contributed by atoms with E-state index in [2.05, 4.69) is 15.0 Å². The van der Waals surface area contributed by atoms with Crippen LogP contribution in [-0.2, 0) is 6.54 Å². The minimum Gasteiger partial charge on any atom is -0.477 e. The number of carbonyl (C=O) groups is 1. The molecular formula is C14H13ClN4O2. The Kier molecular flexibility index (Phi) is 3.39. The van der Waals surface area contributed by atoms with E-state index in [1.54, 1.807) is 6.07 Å². The lowest BCUT2D eigenvalue weighted by Crippen LogP contribution is -2.05. The Morgan fingerprint density at radius 2 is 2.29 bits per heavy atom. The van der Waals surface area contributed by atoms with Crippen LogP contribution in [0, 0.1) is 0 Å². The van der Waals surface area contributed by atoms with E-state index < -0.39 is 5.97 Å². The number of imidazole rings is 2. The molecule has 2 N–H and O–H groups in total. The summed E-state index contributed by atoms with van der Waals surface area (Å²) < 4.78 is 1.92. The highest BCUT2D eigenvalue weighted by atomic mass is 35.5. The molecule has 7 heteroatoms. The molecule has 0 saturated carbocycles. The molecular weight excluding hydrogens is 292 g/mol. The number of carboxylic acids is 1. The van der Waals surface area contributed by atoms with Crippen LogP contribution >= 0.6 is 11.6 Å². The molecule has 3 rings (SSSR count). The van der Waals surface area contributed by atoms with Gasteiger partial charge in [-0.15, -0.1) is 0 Å². The van der Waals surface area contributed by atoms with Crippen LogP contribution in [0.1, 0.15) is 23.8 Å². The second-order valence-electron chi connectivity index (χ2n) is 4.63. The van der Waals surface area contributed by atoms with Crippen LogP contribution in [-0.4, -0.2) is 30.6 Å². The van der Waals surface area contributed by atoms with E-state index in [1.807, 2.05) is 23.6 Å². The summed E-state index contributed by atoms with van der Waals surface area (Å²) >= 11 is 6.27. The number of rotatable bonds is 4. The molecule has 108 valence electrons. The zero-order valence-corrected chi connectivity index (χ0v) is 12.1. The summed E-state index contributed by atoms with van der Waals surface area (Å²) in [7, 11) is 0. The van der Waals surface area contributed by atoms with Crippen LogP contribution in [0.4, 0.5) is 0 Å². The Labute approximate surface area is 125 Å². The zero-order valence-electron chi connectivity index (χ0n) is 11.3. The number of hydrogen-bond donors (Lipinski definition) is 2. The van der Waals surface area contributed by atoms with Crippen molar-refractivity contribution in [2.75, 3.05) is 0 Å². The monoisotopic (exact) mass is 304 g/mol. The lowest BCUT2D eigenvalue weighted by molar-refractivity contribution is 0.0692. The first kappa shape index (κ1) is 13.6. The van der Waals surface area contributed by atoms with E-state index in [4.69, 9.17) is 11.6 Å². The molecule has 0 atom stereocenters. The number of halogens is 1. The fraction of sp³-hybridized carbons (Fsp3) is 0.214. The Morgan fingerprint density at radius 1 is 1.48 bits per heavy atom. The lowest BCUT2D eigenvalue weighted by atomic mass is 10.3. The van der Waals surface area contributed by atoms with Gasteiger partial charge in [0.15, 0.2) is 11.5 Å². The Hall–Kier alpha value is -2.34. The van der Waals surface area contributed by atoms with Crippen LogP contribution in [0.25, 0.3) is 22.6 Å². The summed E-state index contributed by atoms with van der Waals surface area (Å²) in [5.41, 5.74) is 1.88. The molecule has 3 aromatic rings. The number of aryl methyl sites for hydroxylation is 1. The molecule has 2 heterocycles. The Balaban J connectivity index is 2.31. The van der Waals surface area contributed by atoms with Crippen LogP contribution < -0.4 is 0 Å². The van der Waals surface area contributed by atoms with Gasteiger partial charge in [0.25, 0.3) is 0 Å². The highest BCUT2D eigenvalue weighted by molar-refractivity contribution is 6.35. The molecule has 2 aromatic heterocycles. The van der Waals surface area contributed by atoms with E-state index in [9.17, 15) is 9.90 Å². The molecule has 0 radical (unpaired) electrons. The summed E-state index contributed by atoms with van der Waals surface area (Å²) in [5.74, 6) is -0.553. The number of para-hydroxylation sites is 1. The number of hydrogen-bond acceptors (Lipinski definition) is 3. The van der Waals surface area contributed by atoms with Crippen LogP contribution in [0.3, 0.4) is 0 Å². The maximum Gasteiger partial charge on any atom is 0.354 e. The summed E-state index contributed by atoms with van der Waals surface area (Å²) in [6.07, 6.45) is 2.23. The normalized spacial score (nSPS) is 11.1. The van der Waals surface area contributed by atoms with Crippen LogP contribution in [0.15, 0.2) is 24.5 Å². The summed E-state index contributed by atoms with van der Waals surface area (Å²) in [4.78, 5) is 22.5. The topological polar surface area (TPSA) is 83.8 Å². The van der Waals surface area contributed by atoms with Gasteiger partial charge in [0.1, 0.15) is 5.69 Å². The number of aromatic carboxylic acids is 1. The predicted molar refractivity (Wildman–Crippen MR) is 79.6 cm³/mol. The van der Waals surface area contributed by atoms with Crippen molar-refractivity contribution in [2.45, 2.75) is 19.9 Å². The second-order valence-corrected chi connectivity index (χ2v) is 5.03. The number of fused-ring (bicyclic) bond motifs is 1. The average molecular weight is 305 g/mol. The minimum atomic E-state index is -1.07. The number of nitrogens with zero attached hydrogens (tertiary/aromatic N) is 3. The smallest absolute Gasteiger partial charge is 0.354 e. The highest BCUT2D eigenvalue weighted by Crippen LogP contribution is 2.30. The van der Waals surface area contributed by atoms with Crippen molar-refractivity contribution in [2.24, 2.45) is 0 Å². The number of nitrogens with one attached hydrogen (secondary N) is 1. The number of aromatic amines is 1. The van der Waals surface area contributed by atoms with Crippen molar-refractivity contribution >= 4 is 28.6 Å². The van der Waals surface area contributed by atoms with E-state index in [-0.39, 0.29) is 5.69 Å². The van der Waals surface area contributed by atoms with Crippen molar-refractivity contribution in [1.29, 1.82) is 0 Å². The Bertz CT molecular complexity index is 822. The minimum absolute atomic E-state index is 0.0266. The average Bonchev–Trinajstić information content (AvgIpc) is 3.04. The van der Waals surface area contributed by atoms with Crippen molar-refractivity contribution < 1.29 is 9.90 Å². The molecule has 6 nitrogen and oxygen atoms in total. The molecule has 1 aromatic carbocycles. The maximum absolute atomic E-state index is 11.3. The van der Waals surface area contributed by atoms with Crippen molar-refractivity contribution in [3.05, 3.63) is 35.2 Å². The third-order valence-electron chi connectivity index (χ3n) is 3.23. The molecule has 0 bridgehead atoms. The standard InChI is InChI=1S/C14H13ClN4O2/c1-2-6-19-12-8(15)4-3-5-9(12)18-13(19)10-11(14(20)21)17-7-16-10/h3-5,7H,2,6H2,1H3,(H,16,17)(H,20,21). The first-order chi connectivity index (χ1) is 10.1. The predicted octanol–water partition coefficient (Wildman–Crippen LogP) is 3.19. The van der Waals surface area contributed by atoms with Gasteiger partial charge < -0.3 is 14.7 Å². The van der Waals surface area contributed by atoms with Gasteiger partial charge in [-0.3, -0.25) is 0 Å². The van der Waals surface area contributed by atoms with Crippen LogP contribution in [0.5, 0.6) is 0 Å². The lowest BCUT2D eigenvalue weighted by Gasteiger charge is -2.07. The number of benzene rings is 1. The summed E-state index contributed by atoms with van der Waals surface area (Å²) in [6, 6.07) is 5.47. The highest BCUT2D eigenvalue weighted by Gasteiger charge is 2.21. The van der Waals surface area contributed by atoms with E-state index in [0.717, 1.165) is 17.5 Å². The quantitative estimate of drug-likeness (QED) is 0.775. The summed E-state index contributed by atoms with van der Waals surface area (Å²) in [6.45, 7) is 2.72. The summed E-state index contributed by atoms with van der Waals surface area (Å²) in [5, 5.41) is 9.82. The maximum atomic E-state index is 11.3. The number of aromatic nitrogens is 4. The molecule has 0 amide bonds. The van der Waals surface area contributed by atoms with Gasteiger partial charge in [-0.25, -0.2) is 14.8 Å². The Morgan fingerprint density at radius 3 is 3.00 bits per heavy atom. The third kappa shape index (κ3) is 2.17. The van der Waals surface area contributed by atoms with Gasteiger partial charge in [0, 0.05) is 6.54 Å². The van der Waals surface area contributed by atoms with Gasteiger partial charge in [0.05, 0.1) is 22.4 Å². The van der Waals surface area contributed by atoms with E-state index >= 15 is 0 Å². The first-order valence-corrected chi connectivity index (χ1v) is 6.93. The molecule has 0 spiro atoms. The number of carboxylic acid groups (broad SMARTS) is 1. The largest absolute Gasteiger partial charge is 0.477 e. The van der Waals surface area contributed by atoms with Gasteiger partial charge >= 0.3 is 5.97 Å². The number of H-pyrrole nitrogens is 1. The van der Waals surface area contributed by atoms with Crippen molar-refractivity contribution in [3.8, 4) is 11.5 Å². The van der Waals surface area contributed by atoms with Crippen molar-refractivity contribution in [1.82, 2.24) is 19.5 Å². The van der Waals surface area contributed by atoms with Gasteiger partial charge in [-0.2, -0.15) is 0 Å². The van der Waals surface area contributed by atoms with Crippen LogP contribution in [0.2, 0.25) is 5.02 Å². The molecule has 0 unspecified atom stereocenters. The van der Waals surface area contributed by atoms with Gasteiger partial charge in [0.2, 0.25) is 0 Å². The second kappa shape index (κ2) is 5.21. The fourth-order valence-electron chi connectivity index (χ4n) is 2.39. The van der Waals surface area contributed by atoms with Gasteiger partial charge in [-0.1, -0.05) is 24.6 Å².